The Morgan fingerprint density at radius 2 is 1.84 bits per heavy atom. The Labute approximate surface area is 118 Å². The molecule has 0 unspecified atom stereocenters. The molecule has 0 spiro atoms. The summed E-state index contributed by atoms with van der Waals surface area (Å²) in [5, 5.41) is 0.682. The first kappa shape index (κ1) is 13.7. The number of nitrogens with zero attached hydrogens (tertiary/aromatic N) is 1. The van der Waals surface area contributed by atoms with E-state index in [0.717, 1.165) is 4.74 Å². The molecule has 0 saturated heterocycles. The summed E-state index contributed by atoms with van der Waals surface area (Å²) in [5.41, 5.74) is -0.361. The second-order valence-electron chi connectivity index (χ2n) is 3.84. The van der Waals surface area contributed by atoms with Gasteiger partial charge in [0.15, 0.2) is 5.69 Å². The quantitative estimate of drug-likeness (QED) is 0.632. The van der Waals surface area contributed by atoms with Crippen LogP contribution in [0.15, 0.2) is 27.5 Å². The van der Waals surface area contributed by atoms with Crippen LogP contribution in [0, 0.1) is 6.92 Å². The number of carbonyl (C=O) groups excluding carboxylic acids is 1. The second kappa shape index (κ2) is 5.11. The average molecular weight is 302 g/mol. The largest absolute Gasteiger partial charge is 0.422 e. The van der Waals surface area contributed by atoms with E-state index in [4.69, 9.17) is 32.5 Å². The van der Waals surface area contributed by atoms with Gasteiger partial charge in [-0.15, -0.1) is 0 Å². The van der Waals surface area contributed by atoms with Crippen LogP contribution >= 0.6 is 23.2 Å². The van der Waals surface area contributed by atoms with Crippen molar-refractivity contribution in [3.05, 3.63) is 49.9 Å². The standard InChI is InChI=1S/C12H9Cl2NO4/c1-6-10(15(2)19-11(6)16)12(17)18-9-4-7(13)3-8(14)5-9/h3-5H,1-2H3. The minimum absolute atomic E-state index is 0.0427. The van der Waals surface area contributed by atoms with Crippen molar-refractivity contribution < 1.29 is 14.1 Å². The summed E-state index contributed by atoms with van der Waals surface area (Å²) in [7, 11) is 1.44. The zero-order valence-corrected chi connectivity index (χ0v) is 11.6. The number of aryl methyl sites for hydroxylation is 1. The van der Waals surface area contributed by atoms with E-state index in [1.54, 1.807) is 0 Å². The SMILES string of the molecule is Cc1c(C(=O)Oc2cc(Cl)cc(Cl)c2)n(C)oc1=O. The lowest BCUT2D eigenvalue weighted by Crippen LogP contribution is -2.14. The van der Waals surface area contributed by atoms with Gasteiger partial charge in [-0.05, 0) is 25.1 Å². The number of carbonyl (C=O) groups is 1. The Hall–Kier alpha value is -1.72. The molecule has 5 nitrogen and oxygen atoms in total. The van der Waals surface area contributed by atoms with Crippen molar-refractivity contribution in [1.29, 1.82) is 0 Å². The topological polar surface area (TPSA) is 61.4 Å². The van der Waals surface area contributed by atoms with Gasteiger partial charge in [0.1, 0.15) is 5.75 Å². The number of rotatable bonds is 2. The Bertz CT molecular complexity index is 682. The van der Waals surface area contributed by atoms with Gasteiger partial charge < -0.3 is 9.26 Å². The fourth-order valence-electron chi connectivity index (χ4n) is 1.60. The van der Waals surface area contributed by atoms with E-state index in [2.05, 4.69) is 0 Å². The lowest BCUT2D eigenvalue weighted by atomic mass is 10.3. The van der Waals surface area contributed by atoms with E-state index in [1.165, 1.54) is 32.2 Å². The zero-order valence-electron chi connectivity index (χ0n) is 10.1. The van der Waals surface area contributed by atoms with Crippen LogP contribution in [-0.2, 0) is 7.05 Å². The number of hydrogen-bond donors (Lipinski definition) is 0. The van der Waals surface area contributed by atoms with Gasteiger partial charge in [0.25, 0.3) is 0 Å². The fraction of sp³-hybridized carbons (Fsp3) is 0.167. The van der Waals surface area contributed by atoms with Crippen molar-refractivity contribution in [2.45, 2.75) is 6.92 Å². The van der Waals surface area contributed by atoms with E-state index in [9.17, 15) is 9.59 Å². The van der Waals surface area contributed by atoms with Crippen LogP contribution in [0.5, 0.6) is 5.75 Å². The zero-order chi connectivity index (χ0) is 14.2. The van der Waals surface area contributed by atoms with Crippen LogP contribution in [0.4, 0.5) is 0 Å². The number of ether oxygens (including phenoxy) is 1. The first-order valence-corrected chi connectivity index (χ1v) is 5.99. The summed E-state index contributed by atoms with van der Waals surface area (Å²) >= 11 is 11.6. The highest BCUT2D eigenvalue weighted by Crippen LogP contribution is 2.25. The van der Waals surface area contributed by atoms with Gasteiger partial charge in [-0.25, -0.2) is 14.3 Å². The third kappa shape index (κ3) is 2.83. The molecular weight excluding hydrogens is 293 g/mol. The predicted molar refractivity (Wildman–Crippen MR) is 70.1 cm³/mol. The third-order valence-corrected chi connectivity index (χ3v) is 2.87. The summed E-state index contributed by atoms with van der Waals surface area (Å²) in [6.07, 6.45) is 0. The molecule has 1 heterocycles. The number of hydrogen-bond acceptors (Lipinski definition) is 4. The molecule has 0 aliphatic rings. The number of halogens is 2. The van der Waals surface area contributed by atoms with Crippen LogP contribution in [0.25, 0.3) is 0 Å². The molecule has 2 aromatic rings. The smallest absolute Gasteiger partial charge is 0.363 e. The van der Waals surface area contributed by atoms with Gasteiger partial charge in [-0.3, -0.25) is 0 Å². The highest BCUT2D eigenvalue weighted by molar-refractivity contribution is 6.34. The predicted octanol–water partition coefficient (Wildman–Crippen LogP) is 2.81. The Morgan fingerprint density at radius 3 is 2.32 bits per heavy atom. The Morgan fingerprint density at radius 1 is 1.26 bits per heavy atom. The van der Waals surface area contributed by atoms with Crippen LogP contribution < -0.4 is 10.4 Å². The lowest BCUT2D eigenvalue weighted by molar-refractivity contribution is 0.0711. The van der Waals surface area contributed by atoms with E-state index >= 15 is 0 Å². The van der Waals surface area contributed by atoms with Gasteiger partial charge in [-0.1, -0.05) is 23.2 Å². The first-order valence-electron chi connectivity index (χ1n) is 5.23. The maximum absolute atomic E-state index is 12.0. The van der Waals surface area contributed by atoms with Gasteiger partial charge >= 0.3 is 11.6 Å². The molecule has 0 aliphatic carbocycles. The minimum Gasteiger partial charge on any atom is -0.422 e. The van der Waals surface area contributed by atoms with Crippen LogP contribution in [-0.4, -0.2) is 10.7 Å². The number of esters is 1. The molecule has 1 aromatic heterocycles. The van der Waals surface area contributed by atoms with Crippen molar-refractivity contribution in [2.24, 2.45) is 7.05 Å². The summed E-state index contributed by atoms with van der Waals surface area (Å²) in [6.45, 7) is 1.48. The van der Waals surface area contributed by atoms with Gasteiger partial charge in [0.2, 0.25) is 0 Å². The summed E-state index contributed by atoms with van der Waals surface area (Å²) in [6, 6.07) is 4.40. The highest BCUT2D eigenvalue weighted by Gasteiger charge is 2.21. The molecule has 0 N–H and O–H groups in total. The van der Waals surface area contributed by atoms with Gasteiger partial charge in [0.05, 0.1) is 5.56 Å². The summed E-state index contributed by atoms with van der Waals surface area (Å²) < 4.78 is 10.9. The van der Waals surface area contributed by atoms with Gasteiger partial charge in [-0.2, -0.15) is 0 Å². The van der Waals surface area contributed by atoms with Crippen LogP contribution in [0.3, 0.4) is 0 Å². The molecule has 19 heavy (non-hydrogen) atoms. The molecule has 0 radical (unpaired) electrons. The molecule has 100 valence electrons. The molecule has 0 fully saturated rings. The van der Waals surface area contributed by atoms with Crippen molar-refractivity contribution >= 4 is 29.2 Å². The van der Waals surface area contributed by atoms with E-state index in [-0.39, 0.29) is 17.0 Å². The minimum atomic E-state index is -0.718. The van der Waals surface area contributed by atoms with E-state index in [0.29, 0.717) is 10.0 Å². The second-order valence-corrected chi connectivity index (χ2v) is 4.72. The molecular formula is C12H9Cl2NO4. The van der Waals surface area contributed by atoms with Crippen LogP contribution in [0.2, 0.25) is 10.0 Å². The van der Waals surface area contributed by atoms with Crippen molar-refractivity contribution in [3.63, 3.8) is 0 Å². The molecule has 1 aromatic carbocycles. The average Bonchev–Trinajstić information content (AvgIpc) is 2.51. The molecule has 0 bridgehead atoms. The lowest BCUT2D eigenvalue weighted by Gasteiger charge is -2.05. The fourth-order valence-corrected chi connectivity index (χ4v) is 2.10. The number of aromatic nitrogens is 1. The summed E-state index contributed by atoms with van der Waals surface area (Å²) in [5.74, 6) is -0.528. The third-order valence-electron chi connectivity index (χ3n) is 2.44. The molecule has 2 rings (SSSR count). The van der Waals surface area contributed by atoms with Crippen LogP contribution in [0.1, 0.15) is 16.1 Å². The first-order chi connectivity index (χ1) is 8.88. The highest BCUT2D eigenvalue weighted by atomic mass is 35.5. The van der Waals surface area contributed by atoms with E-state index < -0.39 is 11.6 Å². The van der Waals surface area contributed by atoms with Crippen molar-refractivity contribution in [3.8, 4) is 5.75 Å². The molecule has 0 atom stereocenters. The summed E-state index contributed by atoms with van der Waals surface area (Å²) in [4.78, 5) is 23.3. The molecule has 0 amide bonds. The van der Waals surface area contributed by atoms with E-state index in [1.807, 2.05) is 0 Å². The maximum atomic E-state index is 12.0. The molecule has 0 saturated carbocycles. The number of benzene rings is 1. The van der Waals surface area contributed by atoms with Gasteiger partial charge in [0, 0.05) is 17.1 Å². The van der Waals surface area contributed by atoms with Crippen molar-refractivity contribution in [2.75, 3.05) is 0 Å². The van der Waals surface area contributed by atoms with Crippen molar-refractivity contribution in [1.82, 2.24) is 4.74 Å². The normalized spacial score (nSPS) is 10.5. The Balaban J connectivity index is 2.33. The Kier molecular flexibility index (Phi) is 3.68. The monoisotopic (exact) mass is 301 g/mol. The molecule has 0 aliphatic heterocycles. The molecule has 7 heteroatoms. The maximum Gasteiger partial charge on any atom is 0.363 e.